The van der Waals surface area contributed by atoms with Crippen LogP contribution in [0.25, 0.3) is 11.2 Å². The number of imidazole rings is 1. The first-order valence-corrected chi connectivity index (χ1v) is 17.6. The molecule has 1 aliphatic rings. The Kier molecular flexibility index (Phi) is 10.5. The number of aliphatic hydroxyl groups is 1. The van der Waals surface area contributed by atoms with Crippen molar-refractivity contribution in [2.24, 2.45) is 0 Å². The number of carbonyl (C=O) groups is 1. The smallest absolute Gasteiger partial charge is 0.488 e. The highest BCUT2D eigenvalue weighted by molar-refractivity contribution is 7.30. The largest absolute Gasteiger partial charge is 0.566 e. The van der Waals surface area contributed by atoms with E-state index in [0.717, 1.165) is 0 Å². The highest BCUT2D eigenvalue weighted by Crippen LogP contribution is 2.46. The summed E-state index contributed by atoms with van der Waals surface area (Å²) >= 11 is 0. The molecule has 1 saturated heterocycles. The van der Waals surface area contributed by atoms with E-state index in [1.165, 1.54) is 17.2 Å². The fourth-order valence-electron chi connectivity index (χ4n) is 6.49. The van der Waals surface area contributed by atoms with Crippen LogP contribution in [-0.4, -0.2) is 69.7 Å². The van der Waals surface area contributed by atoms with Crippen molar-refractivity contribution >= 4 is 31.1 Å². The lowest BCUT2D eigenvalue weighted by atomic mass is 9.79. The van der Waals surface area contributed by atoms with E-state index in [9.17, 15) is 19.4 Å². The van der Waals surface area contributed by atoms with Crippen LogP contribution in [0.4, 0.5) is 5.82 Å². The number of hydrogen-bond donors (Lipinski definition) is 2. The lowest BCUT2D eigenvalue weighted by Crippen LogP contribution is -2.45. The number of hydrogen-bond acceptors (Lipinski definition) is 12. The minimum atomic E-state index is -3.27. The second-order valence-electron chi connectivity index (χ2n) is 12.0. The van der Waals surface area contributed by atoms with Crippen LogP contribution in [-0.2, 0) is 24.2 Å². The molecule has 6 aromatic rings. The molecule has 270 valence electrons. The first kappa shape index (κ1) is 35.8. The molecule has 15 heteroatoms. The number of methoxy groups -OCH3 is 2. The highest BCUT2D eigenvalue weighted by atomic mass is 31.1. The average molecular weight is 736 g/mol. The Bertz CT molecular complexity index is 2140. The SMILES string of the molecule is COc1ccc(C(OC2[C@@H](CO[P+](=O)[O-])O[C@@H](n3cnc4c(NC(=O)c5ccccc5)ncnc43)[C@H]2O)(c2ccccc2)c2ccc(OC)cc2)cc1. The van der Waals surface area contributed by atoms with E-state index in [2.05, 4.69) is 20.3 Å². The Hall–Kier alpha value is -5.60. The lowest BCUT2D eigenvalue weighted by molar-refractivity contribution is -0.190. The van der Waals surface area contributed by atoms with Crippen LogP contribution in [0.1, 0.15) is 33.3 Å². The number of anilines is 1. The van der Waals surface area contributed by atoms with Gasteiger partial charge in [0.15, 0.2) is 23.2 Å². The van der Waals surface area contributed by atoms with Crippen molar-refractivity contribution in [2.75, 3.05) is 26.1 Å². The topological polar surface area (TPSA) is 179 Å². The zero-order valence-electron chi connectivity index (χ0n) is 28.5. The molecular weight excluding hydrogens is 701 g/mol. The molecule has 7 rings (SSSR count). The average Bonchev–Trinajstić information content (AvgIpc) is 3.77. The number of nitrogens with zero attached hydrogens (tertiary/aromatic N) is 4. The lowest BCUT2D eigenvalue weighted by Gasteiger charge is -2.39. The predicted octanol–water partition coefficient (Wildman–Crippen LogP) is 4.77. The standard InChI is InChI=1S/C38H34N5O9P/c1-48-28-17-13-26(14-18-28)38(25-11-7-4-8-12-25,27-15-19-29(49-2)20-16-27)52-33-30(21-50-53(46)47)51-37(32(33)44)43-23-41-31-34(39-22-40-35(31)43)42-36(45)24-9-5-3-6-10-24/h3-20,22-23,30,32-33,37,44H,21H2,1-2H3,(H,39,40,42,45)/t30-,32+,33?,37-/m1/s1. The molecule has 1 amide bonds. The fourth-order valence-corrected chi connectivity index (χ4v) is 6.76. The van der Waals surface area contributed by atoms with Gasteiger partial charge in [0.2, 0.25) is 0 Å². The van der Waals surface area contributed by atoms with Crippen LogP contribution in [0.15, 0.2) is 122 Å². The summed E-state index contributed by atoms with van der Waals surface area (Å²) in [5.74, 6) is 0.986. The molecule has 0 saturated carbocycles. The predicted molar refractivity (Wildman–Crippen MR) is 190 cm³/mol. The summed E-state index contributed by atoms with van der Waals surface area (Å²) in [6, 6.07) is 32.7. The Labute approximate surface area is 304 Å². The van der Waals surface area contributed by atoms with Crippen LogP contribution in [0.5, 0.6) is 11.5 Å². The maximum atomic E-state index is 13.0. The molecule has 2 unspecified atom stereocenters. The summed E-state index contributed by atoms with van der Waals surface area (Å²) in [6.45, 7) is -0.465. The summed E-state index contributed by atoms with van der Waals surface area (Å²) in [4.78, 5) is 37.7. The molecule has 2 aromatic heterocycles. The maximum absolute atomic E-state index is 13.0. The number of aromatic nitrogens is 4. The molecule has 14 nitrogen and oxygen atoms in total. The van der Waals surface area contributed by atoms with E-state index in [-0.39, 0.29) is 17.0 Å². The van der Waals surface area contributed by atoms with Gasteiger partial charge in [-0.3, -0.25) is 9.36 Å². The second-order valence-corrected chi connectivity index (χ2v) is 12.7. The van der Waals surface area contributed by atoms with E-state index < -0.39 is 50.9 Å². The molecule has 3 heterocycles. The number of carbonyl (C=O) groups excluding carboxylic acids is 1. The van der Waals surface area contributed by atoms with Gasteiger partial charge in [0.05, 0.1) is 20.5 Å². The van der Waals surface area contributed by atoms with Gasteiger partial charge in [-0.05, 0) is 57.7 Å². The first-order valence-electron chi connectivity index (χ1n) is 16.5. The van der Waals surface area contributed by atoms with Gasteiger partial charge in [-0.1, -0.05) is 72.8 Å². The first-order chi connectivity index (χ1) is 25.8. The van der Waals surface area contributed by atoms with E-state index in [0.29, 0.717) is 33.8 Å². The summed E-state index contributed by atoms with van der Waals surface area (Å²) in [7, 11) is -0.127. The van der Waals surface area contributed by atoms with Gasteiger partial charge < -0.3 is 34.3 Å². The van der Waals surface area contributed by atoms with Crippen LogP contribution in [0.2, 0.25) is 0 Å². The molecule has 5 atom stereocenters. The van der Waals surface area contributed by atoms with Crippen LogP contribution in [0.3, 0.4) is 0 Å². The Morgan fingerprint density at radius 1 is 0.868 bits per heavy atom. The van der Waals surface area contributed by atoms with Gasteiger partial charge in [-0.25, -0.2) is 15.0 Å². The summed E-state index contributed by atoms with van der Waals surface area (Å²) < 4.78 is 42.7. The molecular formula is C38H34N5O9P. The summed E-state index contributed by atoms with van der Waals surface area (Å²) in [5, 5.41) is 15.0. The maximum Gasteiger partial charge on any atom is 0.488 e. The van der Waals surface area contributed by atoms with Crippen molar-refractivity contribution < 1.29 is 42.8 Å². The molecule has 1 aliphatic heterocycles. The Morgan fingerprint density at radius 3 is 2.04 bits per heavy atom. The zero-order chi connectivity index (χ0) is 37.0. The number of ether oxygens (including phenoxy) is 4. The Balaban J connectivity index is 1.32. The van der Waals surface area contributed by atoms with Gasteiger partial charge in [-0.15, -0.1) is 4.52 Å². The number of nitrogens with one attached hydrogen (secondary N) is 1. The van der Waals surface area contributed by atoms with Gasteiger partial charge >= 0.3 is 8.25 Å². The molecule has 53 heavy (non-hydrogen) atoms. The van der Waals surface area contributed by atoms with Gasteiger partial charge in [0.25, 0.3) is 5.91 Å². The van der Waals surface area contributed by atoms with E-state index in [1.807, 2.05) is 54.6 Å². The fraction of sp³-hybridized carbons (Fsp3) is 0.211. The molecule has 0 bridgehead atoms. The van der Waals surface area contributed by atoms with E-state index in [1.54, 1.807) is 68.8 Å². The van der Waals surface area contributed by atoms with Crippen molar-refractivity contribution in [3.8, 4) is 11.5 Å². The molecule has 1 fully saturated rings. The van der Waals surface area contributed by atoms with Gasteiger partial charge in [-0.2, -0.15) is 0 Å². The van der Waals surface area contributed by atoms with Crippen molar-refractivity contribution in [1.29, 1.82) is 0 Å². The van der Waals surface area contributed by atoms with Gasteiger partial charge in [0, 0.05) is 5.56 Å². The van der Waals surface area contributed by atoms with Crippen molar-refractivity contribution in [3.05, 3.63) is 144 Å². The zero-order valence-corrected chi connectivity index (χ0v) is 29.4. The quantitative estimate of drug-likeness (QED) is 0.123. The van der Waals surface area contributed by atoms with Crippen LogP contribution >= 0.6 is 8.25 Å². The monoisotopic (exact) mass is 735 g/mol. The normalized spacial score (nSPS) is 18.8. The number of fused-ring (bicyclic) bond motifs is 1. The summed E-state index contributed by atoms with van der Waals surface area (Å²) in [6.07, 6.45) is -2.27. The second kappa shape index (κ2) is 15.6. The molecule has 4 aromatic carbocycles. The van der Waals surface area contributed by atoms with Crippen molar-refractivity contribution in [3.63, 3.8) is 0 Å². The minimum absolute atomic E-state index is 0.147. The third-order valence-electron chi connectivity index (χ3n) is 9.04. The van der Waals surface area contributed by atoms with E-state index >= 15 is 0 Å². The number of amides is 1. The van der Waals surface area contributed by atoms with Crippen LogP contribution in [0, 0.1) is 0 Å². The van der Waals surface area contributed by atoms with Crippen LogP contribution < -0.4 is 19.7 Å². The molecule has 0 radical (unpaired) electrons. The third-order valence-corrected chi connectivity index (χ3v) is 9.40. The van der Waals surface area contributed by atoms with E-state index in [4.69, 9.17) is 23.5 Å². The van der Waals surface area contributed by atoms with Crippen molar-refractivity contribution in [2.45, 2.75) is 30.1 Å². The van der Waals surface area contributed by atoms with Crippen molar-refractivity contribution in [1.82, 2.24) is 19.5 Å². The summed E-state index contributed by atoms with van der Waals surface area (Å²) in [5.41, 5.74) is 1.57. The molecule has 0 spiro atoms. The number of aliphatic hydroxyl groups excluding tert-OH is 1. The third kappa shape index (κ3) is 7.11. The number of rotatable bonds is 13. The molecule has 2 N–H and O–H groups in total. The number of benzene rings is 4. The minimum Gasteiger partial charge on any atom is -0.566 e. The molecule has 0 aliphatic carbocycles. The Morgan fingerprint density at radius 2 is 1.45 bits per heavy atom. The highest BCUT2D eigenvalue weighted by Gasteiger charge is 2.52. The van der Waals surface area contributed by atoms with Gasteiger partial charge in [0.1, 0.15) is 48.3 Å².